The molecule has 10 atom stereocenters. The zero-order valence-electron chi connectivity index (χ0n) is 56.0. The van der Waals surface area contributed by atoms with E-state index in [9.17, 15) is 63.0 Å². The average Bonchev–Trinajstić information content (AvgIpc) is 1.75. The van der Waals surface area contributed by atoms with Crippen molar-refractivity contribution in [3.63, 3.8) is 0 Å². The number of carbonyl (C=O) groups is 11. The number of nitrogens with one attached hydrogen (secondary N) is 11. The summed E-state index contributed by atoms with van der Waals surface area (Å²) in [6, 6.07) is 0.442. The largest absolute Gasteiger partial charge is 0.508 e. The first-order valence-corrected chi connectivity index (χ1v) is 33.6. The van der Waals surface area contributed by atoms with Crippen molar-refractivity contribution in [3.8, 4) is 5.75 Å². The van der Waals surface area contributed by atoms with Gasteiger partial charge in [-0.1, -0.05) is 64.4 Å². The van der Waals surface area contributed by atoms with Gasteiger partial charge in [0.25, 0.3) is 0 Å². The molecule has 1 unspecified atom stereocenters. The first-order valence-electron chi connectivity index (χ1n) is 33.6. The summed E-state index contributed by atoms with van der Waals surface area (Å²) in [6.45, 7) is 8.76. The second kappa shape index (κ2) is 36.5. The Morgan fingerprint density at radius 1 is 0.608 bits per heavy atom. The van der Waals surface area contributed by atoms with E-state index >= 15 is 0 Å². The van der Waals surface area contributed by atoms with Crippen molar-refractivity contribution in [1.29, 1.82) is 0 Å². The highest BCUT2D eigenvalue weighted by atomic mass is 16.3. The summed E-state index contributed by atoms with van der Waals surface area (Å²) in [5, 5.41) is 46.8. The third kappa shape index (κ3) is 22.5. The number of aromatic amines is 2. The standard InChI is InChI=1S/C67H97N17O13/c1-38(2)28-48-58(89)76-47(16-11-25-72-67(68)69)66(97)84-27-13-18-55(84)64(95)75-40(5)30-56(87)71-24-10-6-7-19-57(88)83-26-12-17-54(83)65(96)81-52(33-43-35-70-37-74-43)62(93)80-51(32-42-34-73-46-15-9-8-14-45(42)46)61(92)82-53(36-85)63(94)79-50(31-41-20-22-44(86)23-21-41)60(91)78-49(29-39(3)4)59(90)77-48/h8-9,14-15,20-23,34-35,37-40,47-55,73,85-86H,6-7,10-13,16-19,24-33,36H2,1-5H3,(H,70,74)(H,71,87)(H,75,95)(H,76,89)(H,77,90)(H,78,91)(H,79,94)(H,80,93)(H,81,96)(H,82,92)(H4,68,69,72)/t40?,47-,48-,49+,50-,51-,52-,53-,54-,55-/m0/s1. The van der Waals surface area contributed by atoms with Gasteiger partial charge in [0.2, 0.25) is 65.0 Å². The van der Waals surface area contributed by atoms with Crippen LogP contribution in [0.3, 0.4) is 0 Å². The average molecular weight is 1350 g/mol. The first kappa shape index (κ1) is 74.8. The number of phenolic OH excluding ortho intramolecular Hbond substituents is 1. The van der Waals surface area contributed by atoms with Crippen LogP contribution in [-0.4, -0.2) is 199 Å². The molecule has 3 aliphatic rings. The zero-order chi connectivity index (χ0) is 70.3. The molecule has 0 radical (unpaired) electrons. The Bertz CT molecular complexity index is 3390. The Morgan fingerprint density at radius 2 is 1.15 bits per heavy atom. The molecule has 4 aromatic rings. The van der Waals surface area contributed by atoms with Gasteiger partial charge in [0.15, 0.2) is 5.96 Å². The topological polar surface area (TPSA) is 452 Å². The molecule has 528 valence electrons. The lowest BCUT2D eigenvalue weighted by Crippen LogP contribution is -2.61. The highest BCUT2D eigenvalue weighted by Gasteiger charge is 2.41. The van der Waals surface area contributed by atoms with Crippen LogP contribution in [0.25, 0.3) is 10.9 Å². The van der Waals surface area contributed by atoms with E-state index in [1.807, 2.05) is 32.0 Å². The highest BCUT2D eigenvalue weighted by molar-refractivity contribution is 5.99. The number of aliphatic hydroxyl groups excluding tert-OH is 1. The number of hydrogen-bond donors (Lipinski definition) is 15. The first-order chi connectivity index (χ1) is 46.4. The zero-order valence-corrected chi connectivity index (χ0v) is 56.0. The Labute approximate surface area is 564 Å². The quantitative estimate of drug-likeness (QED) is 0.0414. The minimum absolute atomic E-state index is 0.0189. The summed E-state index contributed by atoms with van der Waals surface area (Å²) in [5.74, 6) is -8.25. The number of aliphatic imine (C=N–C) groups is 1. The number of aromatic hydroxyl groups is 1. The molecule has 2 aromatic carbocycles. The predicted octanol–water partition coefficient (Wildman–Crippen LogP) is -0.277. The van der Waals surface area contributed by atoms with Gasteiger partial charge in [0.1, 0.15) is 60.1 Å². The number of imidazole rings is 1. The molecule has 0 aliphatic carbocycles. The van der Waals surface area contributed by atoms with Gasteiger partial charge in [-0.05, 0) is 112 Å². The van der Waals surface area contributed by atoms with Gasteiger partial charge in [-0.3, -0.25) is 57.7 Å². The van der Waals surface area contributed by atoms with Crippen molar-refractivity contribution in [1.82, 2.24) is 72.6 Å². The maximum absolute atomic E-state index is 14.8. The number of hydrogen-bond acceptors (Lipinski definition) is 15. The van der Waals surface area contributed by atoms with Gasteiger partial charge in [0, 0.05) is 93.3 Å². The molecular formula is C67H97N17O13. The molecule has 11 amide bonds. The summed E-state index contributed by atoms with van der Waals surface area (Å²) in [6.07, 6.45) is 7.41. The van der Waals surface area contributed by atoms with Crippen LogP contribution < -0.4 is 59.3 Å². The normalized spacial score (nSPS) is 25.1. The van der Waals surface area contributed by atoms with Crippen molar-refractivity contribution >= 4 is 81.8 Å². The van der Waals surface area contributed by atoms with Gasteiger partial charge in [0.05, 0.1) is 12.9 Å². The minimum Gasteiger partial charge on any atom is -0.508 e. The molecule has 3 fully saturated rings. The van der Waals surface area contributed by atoms with Gasteiger partial charge in [-0.15, -0.1) is 0 Å². The third-order valence-electron chi connectivity index (χ3n) is 17.4. The molecule has 3 aliphatic heterocycles. The second-order valence-electron chi connectivity index (χ2n) is 26.2. The van der Waals surface area contributed by atoms with Crippen LogP contribution in [-0.2, 0) is 72.0 Å². The summed E-state index contributed by atoms with van der Waals surface area (Å²) in [4.78, 5) is 175. The van der Waals surface area contributed by atoms with E-state index in [4.69, 9.17) is 11.5 Å². The minimum atomic E-state index is -1.77. The van der Waals surface area contributed by atoms with Crippen LogP contribution in [0.2, 0.25) is 0 Å². The number of para-hydroxylation sites is 1. The molecule has 30 nitrogen and oxygen atoms in total. The van der Waals surface area contributed by atoms with Gasteiger partial charge in [-0.2, -0.15) is 0 Å². The number of amides is 11. The molecule has 5 heterocycles. The maximum Gasteiger partial charge on any atom is 0.245 e. The number of rotatable bonds is 15. The predicted molar refractivity (Wildman–Crippen MR) is 359 cm³/mol. The molecule has 0 spiro atoms. The van der Waals surface area contributed by atoms with E-state index < -0.39 is 120 Å². The van der Waals surface area contributed by atoms with E-state index in [1.54, 1.807) is 33.0 Å². The number of phenols is 1. The molecule has 0 saturated carbocycles. The van der Waals surface area contributed by atoms with Crippen LogP contribution in [0, 0.1) is 11.8 Å². The van der Waals surface area contributed by atoms with E-state index in [-0.39, 0.29) is 119 Å². The fourth-order valence-corrected chi connectivity index (χ4v) is 12.4. The van der Waals surface area contributed by atoms with Crippen LogP contribution in [0.15, 0.2) is 72.2 Å². The highest BCUT2D eigenvalue weighted by Crippen LogP contribution is 2.24. The molecule has 7 rings (SSSR count). The molecule has 2 aromatic heterocycles. The van der Waals surface area contributed by atoms with Crippen LogP contribution in [0.1, 0.15) is 135 Å². The molecule has 97 heavy (non-hydrogen) atoms. The summed E-state index contributed by atoms with van der Waals surface area (Å²) in [7, 11) is 0. The van der Waals surface area contributed by atoms with E-state index in [0.29, 0.717) is 72.7 Å². The summed E-state index contributed by atoms with van der Waals surface area (Å²) >= 11 is 0. The van der Waals surface area contributed by atoms with Gasteiger partial charge < -0.3 is 89.3 Å². The molecule has 3 saturated heterocycles. The Hall–Kier alpha value is -9.61. The SMILES string of the molecule is CC(C)C[C@@H]1NC(=O)[C@@H](CC(C)C)NC(=O)[C@H](Cc2ccc(O)cc2)NC(=O)[C@H](CO)NC(=O)[C@H](Cc2c[nH]c3ccccc23)NC(=O)[C@H](Cc2cnc[nH]2)NC(=O)[C@@H]2CCCN2C(=O)CCCCCNC(=O)CC(C)NC(=O)[C@@H]2CCCN2C(=O)[C@H](CCCN=C(N)N)NC1=O. The second-order valence-corrected chi connectivity index (χ2v) is 26.2. The van der Waals surface area contributed by atoms with Crippen LogP contribution in [0.4, 0.5) is 0 Å². The fourth-order valence-electron chi connectivity index (χ4n) is 12.4. The van der Waals surface area contributed by atoms with Crippen molar-refractivity contribution in [3.05, 3.63) is 84.1 Å². The number of carbonyl (C=O) groups excluding carboxylic acids is 11. The molecular weight excluding hydrogens is 1250 g/mol. The van der Waals surface area contributed by atoms with Crippen LogP contribution >= 0.6 is 0 Å². The fraction of sp³-hybridized carbons (Fsp3) is 0.567. The Kier molecular flexibility index (Phi) is 28.1. The third-order valence-corrected chi connectivity index (χ3v) is 17.4. The Balaban J connectivity index is 1.20. The number of guanidine groups is 1. The lowest BCUT2D eigenvalue weighted by Gasteiger charge is -2.31. The van der Waals surface area contributed by atoms with Crippen molar-refractivity contribution in [2.75, 3.05) is 32.8 Å². The van der Waals surface area contributed by atoms with Crippen LogP contribution in [0.5, 0.6) is 5.75 Å². The monoisotopic (exact) mass is 1350 g/mol. The lowest BCUT2D eigenvalue weighted by atomic mass is 9.98. The van der Waals surface area contributed by atoms with Crippen molar-refractivity contribution in [2.45, 2.75) is 198 Å². The number of aromatic nitrogens is 3. The Morgan fingerprint density at radius 3 is 1.77 bits per heavy atom. The molecule has 30 heteroatoms. The number of aliphatic hydroxyl groups is 1. The van der Waals surface area contributed by atoms with Crippen molar-refractivity contribution < 1.29 is 63.0 Å². The number of fused-ring (bicyclic) bond motifs is 3. The van der Waals surface area contributed by atoms with E-state index in [1.165, 1.54) is 46.6 Å². The number of nitrogens with zero attached hydrogens (tertiary/aromatic N) is 4. The van der Waals surface area contributed by atoms with Crippen molar-refractivity contribution in [2.24, 2.45) is 28.3 Å². The number of nitrogens with two attached hydrogens (primary N) is 2. The number of benzene rings is 2. The molecule has 0 bridgehead atoms. The summed E-state index contributed by atoms with van der Waals surface area (Å²) in [5.41, 5.74) is 13.4. The van der Waals surface area contributed by atoms with Gasteiger partial charge >= 0.3 is 0 Å². The maximum atomic E-state index is 14.8. The van der Waals surface area contributed by atoms with E-state index in [2.05, 4.69) is 67.8 Å². The molecule has 17 N–H and O–H groups in total. The summed E-state index contributed by atoms with van der Waals surface area (Å²) < 4.78 is 0. The number of H-pyrrole nitrogens is 2. The smallest absolute Gasteiger partial charge is 0.245 e. The lowest BCUT2D eigenvalue weighted by molar-refractivity contribution is -0.142. The van der Waals surface area contributed by atoms with Gasteiger partial charge in [-0.25, -0.2) is 4.98 Å². The van der Waals surface area contributed by atoms with E-state index in [0.717, 1.165) is 0 Å².